The van der Waals surface area contributed by atoms with Gasteiger partial charge >= 0.3 is 0 Å². The second kappa shape index (κ2) is 8.89. The fourth-order valence-electron chi connectivity index (χ4n) is 2.23. The van der Waals surface area contributed by atoms with E-state index in [1.54, 1.807) is 18.2 Å². The van der Waals surface area contributed by atoms with E-state index in [2.05, 4.69) is 10.3 Å². The van der Waals surface area contributed by atoms with Gasteiger partial charge in [-0.25, -0.2) is 4.98 Å². The number of rotatable bonds is 4. The van der Waals surface area contributed by atoms with Gasteiger partial charge in [0.2, 0.25) is 5.95 Å². The van der Waals surface area contributed by atoms with Crippen molar-refractivity contribution >= 4 is 10.1 Å². The molecule has 1 aromatic heterocycles. The number of aromatic nitrogens is 1. The topological polar surface area (TPSA) is 88.5 Å². The largest absolute Gasteiger partial charge is 0.492 e. The maximum atomic E-state index is 12.5. The van der Waals surface area contributed by atoms with Crippen molar-refractivity contribution in [3.8, 4) is 5.75 Å². The van der Waals surface area contributed by atoms with Crippen molar-refractivity contribution in [3.63, 3.8) is 0 Å². The van der Waals surface area contributed by atoms with Crippen LogP contribution in [0.2, 0.25) is 0 Å². The summed E-state index contributed by atoms with van der Waals surface area (Å²) < 4.78 is 47.5. The van der Waals surface area contributed by atoms with Crippen molar-refractivity contribution in [2.75, 3.05) is 19.7 Å². The number of halogens is 1. The van der Waals surface area contributed by atoms with Crippen LogP contribution in [0.15, 0.2) is 47.5 Å². The molecule has 0 radical (unpaired) electrons. The summed E-state index contributed by atoms with van der Waals surface area (Å²) in [4.78, 5) is 3.45. The Morgan fingerprint density at radius 1 is 1.28 bits per heavy atom. The van der Waals surface area contributed by atoms with Crippen molar-refractivity contribution < 1.29 is 22.1 Å². The third-order valence-electron chi connectivity index (χ3n) is 3.67. The Hall–Kier alpha value is -2.03. The zero-order valence-corrected chi connectivity index (χ0v) is 14.7. The Labute approximate surface area is 146 Å². The first kappa shape index (κ1) is 19.3. The number of hydrogen-bond donors (Lipinski definition) is 2. The van der Waals surface area contributed by atoms with E-state index < -0.39 is 16.1 Å². The third kappa shape index (κ3) is 6.77. The van der Waals surface area contributed by atoms with Crippen LogP contribution in [0.1, 0.15) is 12.0 Å². The maximum absolute atomic E-state index is 12.5. The van der Waals surface area contributed by atoms with Crippen molar-refractivity contribution in [2.24, 2.45) is 5.92 Å². The van der Waals surface area contributed by atoms with Gasteiger partial charge in [0.25, 0.3) is 10.1 Å². The van der Waals surface area contributed by atoms with Crippen molar-refractivity contribution in [3.05, 3.63) is 54.1 Å². The number of pyridine rings is 1. The number of nitrogens with zero attached hydrogens (tertiary/aromatic N) is 1. The standard InChI is InChI=1S/C10H13FN2O.C7H8O3S/c11-10-2-1-9(6-13-10)14-7-8-3-4-12-5-8;1-6-2-4-7(5-3-6)11(8,9)10/h1-2,6,8,12H,3-5,7H2;2-5H,1H3,(H,8,9,10)/t8-;/m0./s1. The van der Waals surface area contributed by atoms with E-state index in [4.69, 9.17) is 9.29 Å². The van der Waals surface area contributed by atoms with Gasteiger partial charge < -0.3 is 10.1 Å². The van der Waals surface area contributed by atoms with Gasteiger partial charge in [0.15, 0.2) is 0 Å². The van der Waals surface area contributed by atoms with Crippen LogP contribution >= 0.6 is 0 Å². The molecule has 0 amide bonds. The smallest absolute Gasteiger partial charge is 0.294 e. The van der Waals surface area contributed by atoms with E-state index >= 15 is 0 Å². The number of ether oxygens (including phenoxy) is 1. The first-order valence-electron chi connectivity index (χ1n) is 7.84. The van der Waals surface area contributed by atoms with Crippen LogP contribution < -0.4 is 10.1 Å². The molecule has 1 aliphatic heterocycles. The molecule has 25 heavy (non-hydrogen) atoms. The lowest BCUT2D eigenvalue weighted by Crippen LogP contribution is -2.15. The molecule has 1 aliphatic rings. The highest BCUT2D eigenvalue weighted by Crippen LogP contribution is 2.13. The molecule has 0 aliphatic carbocycles. The molecule has 2 N–H and O–H groups in total. The van der Waals surface area contributed by atoms with E-state index in [9.17, 15) is 12.8 Å². The van der Waals surface area contributed by atoms with Crippen molar-refractivity contribution in [1.82, 2.24) is 10.3 Å². The van der Waals surface area contributed by atoms with Gasteiger partial charge in [0.1, 0.15) is 5.75 Å². The lowest BCUT2D eigenvalue weighted by Gasteiger charge is -2.09. The van der Waals surface area contributed by atoms with E-state index in [0.717, 1.165) is 25.1 Å². The Morgan fingerprint density at radius 2 is 2.00 bits per heavy atom. The van der Waals surface area contributed by atoms with Crippen LogP contribution in [0.4, 0.5) is 4.39 Å². The first-order chi connectivity index (χ1) is 11.8. The summed E-state index contributed by atoms with van der Waals surface area (Å²) in [5.74, 6) is 0.734. The summed E-state index contributed by atoms with van der Waals surface area (Å²) in [7, 11) is -4.02. The van der Waals surface area contributed by atoms with Gasteiger partial charge in [-0.15, -0.1) is 0 Å². The molecule has 1 fully saturated rings. The predicted molar refractivity (Wildman–Crippen MR) is 91.7 cm³/mol. The molecular weight excluding hydrogens is 347 g/mol. The SMILES string of the molecule is Cc1ccc(S(=O)(=O)O)cc1.Fc1ccc(OC[C@H]2CCNC2)cn1. The summed E-state index contributed by atoms with van der Waals surface area (Å²) in [6.07, 6.45) is 2.56. The molecule has 2 aromatic rings. The first-order valence-corrected chi connectivity index (χ1v) is 9.28. The Morgan fingerprint density at radius 3 is 2.52 bits per heavy atom. The third-order valence-corrected chi connectivity index (χ3v) is 4.54. The van der Waals surface area contributed by atoms with Gasteiger partial charge in [0.05, 0.1) is 17.7 Å². The molecule has 1 aromatic carbocycles. The van der Waals surface area contributed by atoms with Crippen molar-refractivity contribution in [1.29, 1.82) is 0 Å². The summed E-state index contributed by atoms with van der Waals surface area (Å²) in [5, 5.41) is 3.26. The van der Waals surface area contributed by atoms with Gasteiger partial charge in [0, 0.05) is 12.5 Å². The minimum absolute atomic E-state index is 0.0666. The van der Waals surface area contributed by atoms with Crippen molar-refractivity contribution in [2.45, 2.75) is 18.2 Å². The van der Waals surface area contributed by atoms with Crippen LogP contribution in [-0.4, -0.2) is 37.7 Å². The lowest BCUT2D eigenvalue weighted by atomic mass is 10.1. The molecule has 3 rings (SSSR count). The molecule has 2 heterocycles. The molecular formula is C17H21FN2O4S. The molecule has 8 heteroatoms. The van der Waals surface area contributed by atoms with Crippen LogP contribution in [0.5, 0.6) is 5.75 Å². The highest BCUT2D eigenvalue weighted by Gasteiger charge is 2.14. The highest BCUT2D eigenvalue weighted by molar-refractivity contribution is 7.85. The zero-order valence-electron chi connectivity index (χ0n) is 13.9. The molecule has 0 saturated carbocycles. The van der Waals surface area contributed by atoms with Crippen LogP contribution in [0.3, 0.4) is 0 Å². The van der Waals surface area contributed by atoms with Gasteiger partial charge in [-0.1, -0.05) is 17.7 Å². The fourth-order valence-corrected chi connectivity index (χ4v) is 2.71. The lowest BCUT2D eigenvalue weighted by molar-refractivity contribution is 0.258. The monoisotopic (exact) mass is 368 g/mol. The van der Waals surface area contributed by atoms with Crippen LogP contribution in [0.25, 0.3) is 0 Å². The average molecular weight is 368 g/mol. The fraction of sp³-hybridized carbons (Fsp3) is 0.353. The second-order valence-electron chi connectivity index (χ2n) is 5.77. The average Bonchev–Trinajstić information content (AvgIpc) is 3.08. The second-order valence-corrected chi connectivity index (χ2v) is 7.20. The van der Waals surface area contributed by atoms with E-state index in [1.807, 2.05) is 6.92 Å². The van der Waals surface area contributed by atoms with Gasteiger partial charge in [-0.05, 0) is 44.2 Å². The number of hydrogen-bond acceptors (Lipinski definition) is 5. The van der Waals surface area contributed by atoms with E-state index in [1.165, 1.54) is 24.4 Å². The minimum Gasteiger partial charge on any atom is -0.492 e. The summed E-state index contributed by atoms with van der Waals surface area (Å²) in [5.41, 5.74) is 0.956. The molecule has 0 spiro atoms. The minimum atomic E-state index is -4.02. The highest BCUT2D eigenvalue weighted by atomic mass is 32.2. The van der Waals surface area contributed by atoms with E-state index in [0.29, 0.717) is 18.3 Å². The Balaban J connectivity index is 0.000000186. The molecule has 1 atom stereocenters. The Kier molecular flexibility index (Phi) is 6.86. The van der Waals surface area contributed by atoms with Gasteiger partial charge in [-0.2, -0.15) is 12.8 Å². The molecule has 0 unspecified atom stereocenters. The quantitative estimate of drug-likeness (QED) is 0.637. The van der Waals surface area contributed by atoms with Crippen LogP contribution in [0, 0.1) is 18.8 Å². The number of benzene rings is 1. The normalized spacial score (nSPS) is 16.8. The summed E-state index contributed by atoms with van der Waals surface area (Å²) in [6.45, 7) is 4.60. The number of aryl methyl sites for hydroxylation is 1. The Bertz CT molecular complexity index is 758. The molecule has 1 saturated heterocycles. The maximum Gasteiger partial charge on any atom is 0.294 e. The van der Waals surface area contributed by atoms with Gasteiger partial charge in [-0.3, -0.25) is 4.55 Å². The zero-order chi connectivity index (χ0) is 18.3. The van der Waals surface area contributed by atoms with E-state index in [-0.39, 0.29) is 4.90 Å². The molecule has 136 valence electrons. The molecule has 0 bridgehead atoms. The molecule has 6 nitrogen and oxygen atoms in total. The predicted octanol–water partition coefficient (Wildman–Crippen LogP) is 2.45. The number of nitrogens with one attached hydrogen (secondary N) is 1. The summed E-state index contributed by atoms with van der Waals surface area (Å²) >= 11 is 0. The van der Waals surface area contributed by atoms with Crippen LogP contribution in [-0.2, 0) is 10.1 Å². The summed E-state index contributed by atoms with van der Waals surface area (Å²) in [6, 6.07) is 8.90.